The van der Waals surface area contributed by atoms with Crippen molar-refractivity contribution in [3.8, 4) is 11.3 Å². The van der Waals surface area contributed by atoms with E-state index in [1.165, 1.54) is 11.1 Å². The second-order valence-corrected chi connectivity index (χ2v) is 9.82. The van der Waals surface area contributed by atoms with Gasteiger partial charge in [-0.1, -0.05) is 61.0 Å². The summed E-state index contributed by atoms with van der Waals surface area (Å²) in [5.74, 6) is 0.0459. The molecule has 0 saturated carbocycles. The van der Waals surface area contributed by atoms with Crippen molar-refractivity contribution in [1.29, 1.82) is 0 Å². The van der Waals surface area contributed by atoms with Gasteiger partial charge in [-0.3, -0.25) is 4.79 Å². The van der Waals surface area contributed by atoms with E-state index in [1.807, 2.05) is 41.3 Å². The fourth-order valence-electron chi connectivity index (χ4n) is 5.53. The molecule has 0 spiro atoms. The summed E-state index contributed by atoms with van der Waals surface area (Å²) in [5.41, 5.74) is 7.71. The van der Waals surface area contributed by atoms with E-state index in [0.29, 0.717) is 12.1 Å². The third-order valence-electron chi connectivity index (χ3n) is 7.42. The second kappa shape index (κ2) is 11.7. The Kier molecular flexibility index (Phi) is 7.90. The molecule has 1 atom stereocenters. The highest BCUT2D eigenvalue weighted by molar-refractivity contribution is 5.97. The lowest BCUT2D eigenvalue weighted by molar-refractivity contribution is 0.0670. The van der Waals surface area contributed by atoms with Crippen LogP contribution in [0, 0.1) is 0 Å². The number of amides is 1. The van der Waals surface area contributed by atoms with Crippen LogP contribution in [-0.4, -0.2) is 39.0 Å². The highest BCUT2D eigenvalue weighted by Crippen LogP contribution is 2.35. The number of unbranched alkanes of at least 4 members (excludes halogenated alkanes) is 2. The molecule has 3 aromatic carbocycles. The van der Waals surface area contributed by atoms with Crippen LogP contribution in [-0.2, 0) is 12.8 Å². The summed E-state index contributed by atoms with van der Waals surface area (Å²) < 4.78 is 0. The van der Waals surface area contributed by atoms with Gasteiger partial charge < -0.3 is 10.0 Å². The Bertz CT molecular complexity index is 1370. The van der Waals surface area contributed by atoms with E-state index in [1.54, 1.807) is 0 Å². The van der Waals surface area contributed by atoms with Crippen LogP contribution in [0.1, 0.15) is 72.2 Å². The zero-order valence-corrected chi connectivity index (χ0v) is 21.6. The molecule has 1 N–H and O–H groups in total. The summed E-state index contributed by atoms with van der Waals surface area (Å²) in [6, 6.07) is 24.5. The van der Waals surface area contributed by atoms with Crippen molar-refractivity contribution < 1.29 is 9.90 Å². The Balaban J connectivity index is 1.49. The van der Waals surface area contributed by atoms with Gasteiger partial charge in [0, 0.05) is 24.3 Å². The molecule has 0 bridgehead atoms. The van der Waals surface area contributed by atoms with Crippen molar-refractivity contribution in [2.24, 2.45) is 0 Å². The number of rotatable bonds is 9. The molecule has 0 radical (unpaired) electrons. The Hall–Kier alpha value is -3.57. The molecule has 5 heteroatoms. The van der Waals surface area contributed by atoms with Crippen molar-refractivity contribution in [3.63, 3.8) is 0 Å². The number of hydrogen-bond acceptors (Lipinski definition) is 4. The maximum absolute atomic E-state index is 13.8. The van der Waals surface area contributed by atoms with Gasteiger partial charge in [-0.25, -0.2) is 9.97 Å². The molecule has 1 heterocycles. The van der Waals surface area contributed by atoms with Gasteiger partial charge in [0.2, 0.25) is 0 Å². The van der Waals surface area contributed by atoms with E-state index in [9.17, 15) is 4.79 Å². The smallest absolute Gasteiger partial charge is 0.254 e. The van der Waals surface area contributed by atoms with Crippen molar-refractivity contribution in [3.05, 3.63) is 95.2 Å². The molecule has 4 aromatic rings. The summed E-state index contributed by atoms with van der Waals surface area (Å²) in [7, 11) is 0. The molecule has 1 aromatic heterocycles. The quantitative estimate of drug-likeness (QED) is 0.269. The number of fused-ring (bicyclic) bond motifs is 2. The van der Waals surface area contributed by atoms with Crippen LogP contribution in [0.2, 0.25) is 0 Å². The second-order valence-electron chi connectivity index (χ2n) is 9.82. The molecular weight excluding hydrogens is 458 g/mol. The molecule has 1 unspecified atom stereocenters. The number of carbonyl (C=O) groups excluding carboxylic acids is 1. The number of aliphatic hydroxyl groups is 1. The largest absolute Gasteiger partial charge is 0.396 e. The Morgan fingerprint density at radius 3 is 2.57 bits per heavy atom. The van der Waals surface area contributed by atoms with Gasteiger partial charge in [-0.15, -0.1) is 0 Å². The molecule has 1 aliphatic carbocycles. The number of aromatic nitrogens is 2. The average Bonchev–Trinajstić information content (AvgIpc) is 2.95. The standard InChI is InChI=1S/C32H35N3O2/c1-2-35(30-18-11-15-23-12-8-9-16-26(23)30)32(37)25-19-20-27-29(22-25)33-28(17-7-4-10-21-36)31(34-27)24-13-5-3-6-14-24/h3,5-6,8-9,12-14,16,19-20,22,30,36H,2,4,7,10-11,15,17-18,21H2,1H3. The molecule has 1 aliphatic rings. The van der Waals surface area contributed by atoms with Crippen molar-refractivity contribution in [1.82, 2.24) is 14.9 Å². The van der Waals surface area contributed by atoms with Gasteiger partial charge >= 0.3 is 0 Å². The monoisotopic (exact) mass is 493 g/mol. The first-order chi connectivity index (χ1) is 18.2. The zero-order chi connectivity index (χ0) is 25.6. The van der Waals surface area contributed by atoms with E-state index < -0.39 is 0 Å². The number of aliphatic hydroxyl groups excluding tert-OH is 1. The summed E-state index contributed by atoms with van der Waals surface area (Å²) in [4.78, 5) is 25.8. The molecular formula is C32H35N3O2. The van der Waals surface area contributed by atoms with Gasteiger partial charge in [0.15, 0.2) is 0 Å². The molecule has 1 amide bonds. The lowest BCUT2D eigenvalue weighted by atomic mass is 9.86. The predicted octanol–water partition coefficient (Wildman–Crippen LogP) is 6.54. The Morgan fingerprint density at radius 2 is 1.76 bits per heavy atom. The first-order valence-corrected chi connectivity index (χ1v) is 13.6. The SMILES string of the molecule is CCN(C(=O)c1ccc2nc(-c3ccccc3)c(CCCCCO)nc2c1)C1CCCc2ccccc21. The van der Waals surface area contributed by atoms with Crippen molar-refractivity contribution >= 4 is 16.9 Å². The zero-order valence-electron chi connectivity index (χ0n) is 21.6. The van der Waals surface area contributed by atoms with Crippen LogP contribution in [0.4, 0.5) is 0 Å². The highest BCUT2D eigenvalue weighted by atomic mass is 16.2. The number of aryl methyl sites for hydroxylation is 2. The van der Waals surface area contributed by atoms with Crippen molar-refractivity contribution in [2.45, 2.75) is 57.9 Å². The topological polar surface area (TPSA) is 66.3 Å². The highest BCUT2D eigenvalue weighted by Gasteiger charge is 2.29. The van der Waals surface area contributed by atoms with Crippen molar-refractivity contribution in [2.75, 3.05) is 13.2 Å². The Morgan fingerprint density at radius 1 is 0.946 bits per heavy atom. The number of benzene rings is 3. The lowest BCUT2D eigenvalue weighted by Crippen LogP contribution is -2.36. The van der Waals surface area contributed by atoms with Gasteiger partial charge in [0.25, 0.3) is 5.91 Å². The summed E-state index contributed by atoms with van der Waals surface area (Å²) >= 11 is 0. The molecule has 5 rings (SSSR count). The average molecular weight is 494 g/mol. The Labute approximate surface area is 219 Å². The summed E-state index contributed by atoms with van der Waals surface area (Å²) in [6.07, 6.45) is 6.61. The van der Waals surface area contributed by atoms with E-state index in [-0.39, 0.29) is 18.6 Å². The van der Waals surface area contributed by atoms with Crippen LogP contribution >= 0.6 is 0 Å². The van der Waals surface area contributed by atoms with Gasteiger partial charge in [0.1, 0.15) is 0 Å². The minimum atomic E-state index is 0.0459. The third-order valence-corrected chi connectivity index (χ3v) is 7.42. The molecule has 0 fully saturated rings. The van der Waals surface area contributed by atoms with Crippen LogP contribution in [0.5, 0.6) is 0 Å². The van der Waals surface area contributed by atoms with Crippen LogP contribution in [0.3, 0.4) is 0 Å². The lowest BCUT2D eigenvalue weighted by Gasteiger charge is -2.35. The first kappa shape index (κ1) is 25.1. The van der Waals surface area contributed by atoms with E-state index in [0.717, 1.165) is 72.9 Å². The van der Waals surface area contributed by atoms with Crippen LogP contribution < -0.4 is 0 Å². The fraction of sp³-hybridized carbons (Fsp3) is 0.344. The van der Waals surface area contributed by atoms with Crippen LogP contribution in [0.25, 0.3) is 22.3 Å². The number of carbonyl (C=O) groups is 1. The van der Waals surface area contributed by atoms with Gasteiger partial charge in [-0.2, -0.15) is 0 Å². The minimum Gasteiger partial charge on any atom is -0.396 e. The third kappa shape index (κ3) is 5.42. The fourth-order valence-corrected chi connectivity index (χ4v) is 5.53. The van der Waals surface area contributed by atoms with E-state index in [2.05, 4.69) is 43.3 Å². The minimum absolute atomic E-state index is 0.0459. The summed E-state index contributed by atoms with van der Waals surface area (Å²) in [6.45, 7) is 2.93. The van der Waals surface area contributed by atoms with E-state index in [4.69, 9.17) is 15.1 Å². The number of nitrogens with zero attached hydrogens (tertiary/aromatic N) is 3. The maximum Gasteiger partial charge on any atom is 0.254 e. The summed E-state index contributed by atoms with van der Waals surface area (Å²) in [5, 5.41) is 9.17. The molecule has 0 aliphatic heterocycles. The predicted molar refractivity (Wildman–Crippen MR) is 148 cm³/mol. The van der Waals surface area contributed by atoms with Gasteiger partial charge in [0.05, 0.1) is 28.5 Å². The molecule has 37 heavy (non-hydrogen) atoms. The first-order valence-electron chi connectivity index (χ1n) is 13.6. The molecule has 190 valence electrons. The van der Waals surface area contributed by atoms with E-state index >= 15 is 0 Å². The normalized spacial score (nSPS) is 14.9. The molecule has 5 nitrogen and oxygen atoms in total. The maximum atomic E-state index is 13.8. The van der Waals surface area contributed by atoms with Gasteiger partial charge in [-0.05, 0) is 74.8 Å². The number of hydrogen-bond donors (Lipinski definition) is 1. The molecule has 0 saturated heterocycles. The van der Waals surface area contributed by atoms with Crippen LogP contribution in [0.15, 0.2) is 72.8 Å².